The molecule has 68 heavy (non-hydrogen) atoms. The Morgan fingerprint density at radius 2 is 0.882 bits per heavy atom. The van der Waals surface area contributed by atoms with E-state index in [2.05, 4.69) is 217 Å². The molecule has 14 aromatic rings. The Hall–Kier alpha value is -8.77. The highest BCUT2D eigenvalue weighted by molar-refractivity contribution is 7.25. The molecule has 4 nitrogen and oxygen atoms in total. The summed E-state index contributed by atoms with van der Waals surface area (Å²) >= 11 is 1.80. The molecule has 0 unspecified atom stereocenters. The molecule has 316 valence electrons. The topological polar surface area (TPSA) is 43.6 Å². The van der Waals surface area contributed by atoms with E-state index in [9.17, 15) is 0 Å². The van der Waals surface area contributed by atoms with Crippen LogP contribution in [-0.2, 0) is 0 Å². The van der Waals surface area contributed by atoms with Gasteiger partial charge in [-0.2, -0.15) is 0 Å². The first kappa shape index (κ1) is 38.5. The summed E-state index contributed by atoms with van der Waals surface area (Å²) in [5.41, 5.74) is 10.6. The number of hydrogen-bond donors (Lipinski definition) is 0. The lowest BCUT2D eigenvalue weighted by atomic mass is 9.91. The number of aromatic nitrogens is 4. The van der Waals surface area contributed by atoms with Gasteiger partial charge in [0.25, 0.3) is 0 Å². The average molecular weight is 883 g/mol. The smallest absolute Gasteiger partial charge is 0.164 e. The minimum absolute atomic E-state index is 0.606. The zero-order chi connectivity index (χ0) is 44.7. The van der Waals surface area contributed by atoms with Crippen molar-refractivity contribution in [2.24, 2.45) is 0 Å². The standard InChI is InChI=1S/C63H38N4S/c1-3-17-40(18-4-1)52-36-47(62-64-61(42-20-5-2-6-21-42)65-63(66-62)51-27-15-29-57-58(51)50-26-13-14-28-56(50)68-57)37-53(46-31-30-39-16-7-8-22-43(39)34-46)60(52)67-55-38-45-24-10-9-23-44(45)35-54(55)49-33-32-41-19-11-12-25-48(41)59(49)67/h1-38H. The van der Waals surface area contributed by atoms with Crippen LogP contribution in [0.1, 0.15) is 0 Å². The highest BCUT2D eigenvalue weighted by Crippen LogP contribution is 2.47. The third-order valence-corrected chi connectivity index (χ3v) is 14.7. The molecule has 0 saturated heterocycles. The van der Waals surface area contributed by atoms with E-state index in [1.807, 2.05) is 18.2 Å². The molecule has 0 fully saturated rings. The number of hydrogen-bond acceptors (Lipinski definition) is 4. The fourth-order valence-corrected chi connectivity index (χ4v) is 11.5. The lowest BCUT2D eigenvalue weighted by molar-refractivity contribution is 1.08. The summed E-state index contributed by atoms with van der Waals surface area (Å²) < 4.78 is 4.99. The van der Waals surface area contributed by atoms with Gasteiger partial charge in [0, 0.05) is 64.1 Å². The average Bonchev–Trinajstić information content (AvgIpc) is 3.95. The van der Waals surface area contributed by atoms with Crippen LogP contribution in [0.2, 0.25) is 0 Å². The second-order valence-corrected chi connectivity index (χ2v) is 18.6. The fraction of sp³-hybridized carbons (Fsp3) is 0. The molecular weight excluding hydrogens is 845 g/mol. The first-order chi connectivity index (χ1) is 33.7. The summed E-state index contributed by atoms with van der Waals surface area (Å²) in [6.45, 7) is 0. The van der Waals surface area contributed by atoms with E-state index in [1.165, 1.54) is 63.4 Å². The van der Waals surface area contributed by atoms with Crippen molar-refractivity contribution in [2.45, 2.75) is 0 Å². The largest absolute Gasteiger partial charge is 0.307 e. The van der Waals surface area contributed by atoms with Crippen LogP contribution >= 0.6 is 11.3 Å². The van der Waals surface area contributed by atoms with Crippen molar-refractivity contribution in [2.75, 3.05) is 0 Å². The van der Waals surface area contributed by atoms with Crippen LogP contribution in [0, 0.1) is 0 Å². The molecule has 0 N–H and O–H groups in total. The van der Waals surface area contributed by atoms with Crippen molar-refractivity contribution < 1.29 is 0 Å². The fourth-order valence-electron chi connectivity index (χ4n) is 10.4. The molecule has 5 heteroatoms. The normalized spacial score (nSPS) is 11.8. The Morgan fingerprint density at radius 1 is 0.309 bits per heavy atom. The molecule has 3 heterocycles. The molecule has 0 radical (unpaired) electrons. The molecule has 0 amide bonds. The third-order valence-electron chi connectivity index (χ3n) is 13.6. The second-order valence-electron chi connectivity index (χ2n) is 17.5. The van der Waals surface area contributed by atoms with Crippen LogP contribution in [0.15, 0.2) is 231 Å². The van der Waals surface area contributed by atoms with Crippen LogP contribution in [0.25, 0.3) is 136 Å². The van der Waals surface area contributed by atoms with Crippen molar-refractivity contribution in [3.63, 3.8) is 0 Å². The molecule has 3 aromatic heterocycles. The Morgan fingerprint density at radius 3 is 1.66 bits per heavy atom. The second kappa shape index (κ2) is 15.4. The lowest BCUT2D eigenvalue weighted by Gasteiger charge is -2.22. The van der Waals surface area contributed by atoms with E-state index >= 15 is 0 Å². The van der Waals surface area contributed by atoms with Crippen molar-refractivity contribution in [1.82, 2.24) is 19.5 Å². The Balaban J connectivity index is 1.14. The van der Waals surface area contributed by atoms with Gasteiger partial charge in [0.15, 0.2) is 17.5 Å². The number of nitrogens with zero attached hydrogens (tertiary/aromatic N) is 4. The van der Waals surface area contributed by atoms with Crippen LogP contribution in [0.4, 0.5) is 0 Å². The molecule has 0 aliphatic carbocycles. The molecule has 0 bridgehead atoms. The van der Waals surface area contributed by atoms with E-state index in [0.717, 1.165) is 55.5 Å². The van der Waals surface area contributed by atoms with Gasteiger partial charge >= 0.3 is 0 Å². The molecule has 0 aliphatic rings. The van der Waals surface area contributed by atoms with Crippen molar-refractivity contribution >= 4 is 85.6 Å². The van der Waals surface area contributed by atoms with Crippen LogP contribution in [0.5, 0.6) is 0 Å². The minimum Gasteiger partial charge on any atom is -0.307 e. The number of thiophene rings is 1. The summed E-state index contributed by atoms with van der Waals surface area (Å²) in [7, 11) is 0. The molecule has 11 aromatic carbocycles. The quantitative estimate of drug-likeness (QED) is 0.167. The predicted molar refractivity (Wildman–Crippen MR) is 287 cm³/mol. The number of fused-ring (bicyclic) bond motifs is 10. The molecule has 0 aliphatic heterocycles. The van der Waals surface area contributed by atoms with E-state index in [0.29, 0.717) is 17.5 Å². The van der Waals surface area contributed by atoms with E-state index in [1.54, 1.807) is 11.3 Å². The van der Waals surface area contributed by atoms with Gasteiger partial charge in [-0.3, -0.25) is 0 Å². The first-order valence-corrected chi connectivity index (χ1v) is 23.8. The zero-order valence-electron chi connectivity index (χ0n) is 36.6. The van der Waals surface area contributed by atoms with Crippen LogP contribution < -0.4 is 0 Å². The van der Waals surface area contributed by atoms with Crippen LogP contribution in [-0.4, -0.2) is 19.5 Å². The van der Waals surface area contributed by atoms with E-state index < -0.39 is 0 Å². The summed E-state index contributed by atoms with van der Waals surface area (Å²) in [5.74, 6) is 1.87. The van der Waals surface area contributed by atoms with Gasteiger partial charge in [-0.05, 0) is 80.5 Å². The molecule has 14 rings (SSSR count). The van der Waals surface area contributed by atoms with Crippen molar-refractivity contribution in [3.8, 4) is 62.1 Å². The maximum Gasteiger partial charge on any atom is 0.164 e. The summed E-state index contributed by atoms with van der Waals surface area (Å²) in [5, 5.41) is 11.9. The molecule has 0 spiro atoms. The molecular formula is C63H38N4S. The van der Waals surface area contributed by atoms with Crippen molar-refractivity contribution in [3.05, 3.63) is 231 Å². The monoisotopic (exact) mass is 882 g/mol. The molecule has 0 atom stereocenters. The van der Waals surface area contributed by atoms with Gasteiger partial charge < -0.3 is 4.57 Å². The third kappa shape index (κ3) is 6.17. The maximum absolute atomic E-state index is 5.50. The van der Waals surface area contributed by atoms with Gasteiger partial charge in [0.2, 0.25) is 0 Å². The first-order valence-electron chi connectivity index (χ1n) is 23.0. The highest BCUT2D eigenvalue weighted by Gasteiger charge is 2.25. The van der Waals surface area contributed by atoms with Crippen molar-refractivity contribution in [1.29, 1.82) is 0 Å². The SMILES string of the molecule is c1ccc(-c2nc(-c3cc(-c4ccccc4)c(-n4c5cc6ccccc6cc5c5ccc6ccccc6c54)c(-c4ccc5ccccc5c4)c3)nc(-c3cccc4sc5ccccc5c34)n2)cc1. The van der Waals surface area contributed by atoms with Gasteiger partial charge in [0.1, 0.15) is 0 Å². The minimum atomic E-state index is 0.606. The molecule has 0 saturated carbocycles. The van der Waals surface area contributed by atoms with Gasteiger partial charge in [-0.15, -0.1) is 11.3 Å². The highest BCUT2D eigenvalue weighted by atomic mass is 32.1. The predicted octanol–water partition coefficient (Wildman–Crippen LogP) is 17.1. The number of rotatable bonds is 6. The van der Waals surface area contributed by atoms with Gasteiger partial charge in [0.05, 0.1) is 16.7 Å². The Labute approximate surface area is 395 Å². The summed E-state index contributed by atoms with van der Waals surface area (Å²) in [6.07, 6.45) is 0. The van der Waals surface area contributed by atoms with Crippen LogP contribution in [0.3, 0.4) is 0 Å². The maximum atomic E-state index is 5.50. The van der Waals surface area contributed by atoms with E-state index in [-0.39, 0.29) is 0 Å². The lowest BCUT2D eigenvalue weighted by Crippen LogP contribution is -2.04. The number of benzene rings is 11. The van der Waals surface area contributed by atoms with Gasteiger partial charge in [-0.25, -0.2) is 15.0 Å². The van der Waals surface area contributed by atoms with Gasteiger partial charge in [-0.1, -0.05) is 188 Å². The summed E-state index contributed by atoms with van der Waals surface area (Å²) in [6, 6.07) is 83.2. The summed E-state index contributed by atoms with van der Waals surface area (Å²) in [4.78, 5) is 16.2. The van der Waals surface area contributed by atoms with E-state index in [4.69, 9.17) is 15.0 Å². The Kier molecular flexibility index (Phi) is 8.73. The Bertz CT molecular complexity index is 4320. The zero-order valence-corrected chi connectivity index (χ0v) is 37.5.